The van der Waals surface area contributed by atoms with Crippen LogP contribution >= 0.6 is 23.2 Å². The number of fused-ring (bicyclic) bond motifs is 1. The molecule has 204 valence electrons. The second-order valence-electron chi connectivity index (χ2n) is 8.04. The lowest BCUT2D eigenvalue weighted by Gasteiger charge is -2.15. The summed E-state index contributed by atoms with van der Waals surface area (Å²) >= 11 is 13.0. The van der Waals surface area contributed by atoms with Crippen LogP contribution in [0.15, 0.2) is 59.8 Å². The molecule has 1 amide bonds. The summed E-state index contributed by atoms with van der Waals surface area (Å²) < 4.78 is 37.9. The molecule has 0 radical (unpaired) electrons. The first-order chi connectivity index (χ1) is 19.2. The number of ether oxygens (including phenoxy) is 2. The molecule has 4 aromatic rings. The molecule has 9 nitrogen and oxygen atoms in total. The molecule has 13 heteroatoms. The van der Waals surface area contributed by atoms with Gasteiger partial charge in [-0.3, -0.25) is 9.00 Å². The average Bonchev–Trinajstić information content (AvgIpc) is 2.93. The predicted molar refractivity (Wildman–Crippen MR) is 153 cm³/mol. The Kier molecular flexibility index (Phi) is 9.16. The number of nitriles is 1. The highest BCUT2D eigenvalue weighted by Gasteiger charge is 2.20. The molecule has 0 saturated heterocycles. The van der Waals surface area contributed by atoms with Gasteiger partial charge in [0.05, 0.1) is 47.2 Å². The fourth-order valence-electron chi connectivity index (χ4n) is 3.62. The molecule has 40 heavy (non-hydrogen) atoms. The van der Waals surface area contributed by atoms with E-state index in [1.807, 2.05) is 6.07 Å². The summed E-state index contributed by atoms with van der Waals surface area (Å²) in [7, 11) is 0.899. The molecular formula is C27H20Cl2FN5O4S. The number of amides is 1. The van der Waals surface area contributed by atoms with Gasteiger partial charge in [0.2, 0.25) is 11.1 Å². The highest BCUT2D eigenvalue weighted by atomic mass is 35.5. The van der Waals surface area contributed by atoms with Crippen molar-refractivity contribution in [3.63, 3.8) is 0 Å². The van der Waals surface area contributed by atoms with E-state index in [-0.39, 0.29) is 26.7 Å². The topological polar surface area (TPSA) is 126 Å². The van der Waals surface area contributed by atoms with Crippen molar-refractivity contribution in [3.8, 4) is 17.6 Å². The monoisotopic (exact) mass is 599 g/mol. The number of carbonyl (C=O) groups excluding carboxylic acids is 1. The number of methoxy groups -OCH3 is 2. The molecule has 0 bridgehead atoms. The van der Waals surface area contributed by atoms with E-state index in [2.05, 4.69) is 20.6 Å². The molecule has 0 spiro atoms. The van der Waals surface area contributed by atoms with Gasteiger partial charge in [-0.2, -0.15) is 5.26 Å². The molecule has 0 aliphatic heterocycles. The summed E-state index contributed by atoms with van der Waals surface area (Å²) in [5, 5.41) is 15.0. The summed E-state index contributed by atoms with van der Waals surface area (Å²) in [5.41, 5.74) is 1.18. The quantitative estimate of drug-likeness (QED) is 0.174. The van der Waals surface area contributed by atoms with E-state index < -0.39 is 28.3 Å². The van der Waals surface area contributed by atoms with E-state index in [9.17, 15) is 13.4 Å². The summed E-state index contributed by atoms with van der Waals surface area (Å²) in [6, 6.07) is 13.9. The Morgan fingerprint density at radius 3 is 2.42 bits per heavy atom. The Bertz CT molecular complexity index is 1690. The van der Waals surface area contributed by atoms with Crippen LogP contribution in [0.2, 0.25) is 10.0 Å². The van der Waals surface area contributed by atoms with Gasteiger partial charge in [-0.05, 0) is 42.0 Å². The lowest BCUT2D eigenvalue weighted by atomic mass is 10.1. The standard InChI is InChI=1S/C27H20Cl2FN5O4S/c1-38-22-12-16-21(13-23(22)39-2)33-27(40(37)14-24(36)32-20-8-4-3-7-19(20)30)35-26(16)34-25-17(28)10-15(6-5-9-31)11-18(25)29/h3-8,10-13H,14H2,1-2H3,(H,32,36)(H,33,34,35)/b6-5+. The first-order valence-corrected chi connectivity index (χ1v) is 13.5. The van der Waals surface area contributed by atoms with Crippen LogP contribution in [0.25, 0.3) is 17.0 Å². The van der Waals surface area contributed by atoms with Crippen molar-refractivity contribution in [2.75, 3.05) is 30.6 Å². The minimum absolute atomic E-state index is 0.0412. The molecule has 0 aliphatic carbocycles. The van der Waals surface area contributed by atoms with Crippen LogP contribution < -0.4 is 20.1 Å². The fourth-order valence-corrected chi connectivity index (χ4v) is 5.06. The molecule has 0 aliphatic rings. The van der Waals surface area contributed by atoms with Crippen LogP contribution in [0.4, 0.5) is 21.6 Å². The van der Waals surface area contributed by atoms with E-state index in [0.717, 1.165) is 0 Å². The van der Waals surface area contributed by atoms with E-state index >= 15 is 0 Å². The number of aromatic nitrogens is 2. The number of hydrogen-bond acceptors (Lipinski definition) is 8. The van der Waals surface area contributed by atoms with Crippen molar-refractivity contribution < 1.29 is 22.9 Å². The maximum Gasteiger partial charge on any atom is 0.237 e. The molecule has 1 heterocycles. The average molecular weight is 600 g/mol. The number of nitrogens with zero attached hydrogens (tertiary/aromatic N) is 3. The second kappa shape index (κ2) is 12.7. The molecule has 2 N–H and O–H groups in total. The highest BCUT2D eigenvalue weighted by molar-refractivity contribution is 7.85. The van der Waals surface area contributed by atoms with Crippen LogP contribution in [0, 0.1) is 17.1 Å². The van der Waals surface area contributed by atoms with E-state index in [0.29, 0.717) is 33.7 Å². The number of allylic oxidation sites excluding steroid dienone is 1. The van der Waals surface area contributed by atoms with Gasteiger partial charge in [0.1, 0.15) is 28.2 Å². The number of nitrogens with one attached hydrogen (secondary N) is 2. The molecule has 0 saturated carbocycles. The van der Waals surface area contributed by atoms with Crippen LogP contribution in [-0.2, 0) is 15.6 Å². The summed E-state index contributed by atoms with van der Waals surface area (Å²) in [4.78, 5) is 21.3. The van der Waals surface area contributed by atoms with Crippen LogP contribution in [0.5, 0.6) is 11.5 Å². The van der Waals surface area contributed by atoms with Crippen molar-refractivity contribution in [2.24, 2.45) is 0 Å². The molecule has 1 atom stereocenters. The maximum atomic E-state index is 13.9. The molecule has 1 unspecified atom stereocenters. The number of halogens is 3. The number of rotatable bonds is 9. The van der Waals surface area contributed by atoms with Crippen molar-refractivity contribution >= 4 is 74.1 Å². The van der Waals surface area contributed by atoms with E-state index in [4.69, 9.17) is 37.9 Å². The van der Waals surface area contributed by atoms with Crippen LogP contribution in [-0.4, -0.2) is 40.1 Å². The third-order valence-electron chi connectivity index (χ3n) is 5.45. The maximum absolute atomic E-state index is 13.9. The third kappa shape index (κ3) is 6.48. The van der Waals surface area contributed by atoms with Gasteiger partial charge < -0.3 is 20.1 Å². The van der Waals surface area contributed by atoms with Gasteiger partial charge in [0, 0.05) is 17.5 Å². The highest BCUT2D eigenvalue weighted by Crippen LogP contribution is 2.39. The third-order valence-corrected chi connectivity index (χ3v) is 7.16. The zero-order valence-electron chi connectivity index (χ0n) is 21.0. The lowest BCUT2D eigenvalue weighted by Crippen LogP contribution is -2.21. The summed E-state index contributed by atoms with van der Waals surface area (Å²) in [6.07, 6.45) is 2.84. The number of benzene rings is 3. The van der Waals surface area contributed by atoms with Crippen molar-refractivity contribution in [2.45, 2.75) is 5.16 Å². The number of anilines is 3. The fraction of sp³-hybridized carbons (Fsp3) is 0.111. The Morgan fingerprint density at radius 2 is 1.77 bits per heavy atom. The molecular weight excluding hydrogens is 580 g/mol. The summed E-state index contributed by atoms with van der Waals surface area (Å²) in [6.45, 7) is 0. The summed E-state index contributed by atoms with van der Waals surface area (Å²) in [5.74, 6) is -0.936. The molecule has 4 rings (SSSR count). The first-order valence-electron chi connectivity index (χ1n) is 11.4. The number of para-hydroxylation sites is 1. The van der Waals surface area contributed by atoms with E-state index in [1.54, 1.807) is 36.4 Å². The largest absolute Gasteiger partial charge is 0.493 e. The SMILES string of the molecule is COc1cc2nc(S(=O)CC(=O)Nc3ccccc3F)nc(Nc3c(Cl)cc(/C=C/C#N)cc3Cl)c2cc1OC. The predicted octanol–water partition coefficient (Wildman–Crippen LogP) is 6.12. The molecule has 3 aromatic carbocycles. The second-order valence-corrected chi connectivity index (χ2v) is 10.2. The van der Waals surface area contributed by atoms with Crippen molar-refractivity contribution in [3.05, 3.63) is 76.0 Å². The zero-order chi connectivity index (χ0) is 28.8. The Hall–Kier alpha value is -4.24. The van der Waals surface area contributed by atoms with Gasteiger partial charge in [-0.25, -0.2) is 14.4 Å². The van der Waals surface area contributed by atoms with Gasteiger partial charge in [-0.1, -0.05) is 35.3 Å². The first kappa shape index (κ1) is 28.8. The lowest BCUT2D eigenvalue weighted by molar-refractivity contribution is -0.113. The zero-order valence-corrected chi connectivity index (χ0v) is 23.3. The van der Waals surface area contributed by atoms with E-state index in [1.165, 1.54) is 38.5 Å². The normalized spacial score (nSPS) is 11.7. The Balaban J connectivity index is 1.75. The van der Waals surface area contributed by atoms with Crippen molar-refractivity contribution in [1.29, 1.82) is 5.26 Å². The van der Waals surface area contributed by atoms with Crippen LogP contribution in [0.1, 0.15) is 5.56 Å². The van der Waals surface area contributed by atoms with Gasteiger partial charge >= 0.3 is 0 Å². The minimum Gasteiger partial charge on any atom is -0.493 e. The molecule has 0 fully saturated rings. The van der Waals surface area contributed by atoms with Gasteiger partial charge in [0.15, 0.2) is 11.5 Å². The van der Waals surface area contributed by atoms with Gasteiger partial charge in [-0.15, -0.1) is 0 Å². The van der Waals surface area contributed by atoms with Crippen molar-refractivity contribution in [1.82, 2.24) is 9.97 Å². The Morgan fingerprint density at radius 1 is 1.10 bits per heavy atom. The smallest absolute Gasteiger partial charge is 0.237 e. The number of carbonyl (C=O) groups is 1. The number of hydrogen-bond donors (Lipinski definition) is 2. The van der Waals surface area contributed by atoms with Crippen LogP contribution in [0.3, 0.4) is 0 Å². The minimum atomic E-state index is -2.03. The van der Waals surface area contributed by atoms with Gasteiger partial charge in [0.25, 0.3) is 0 Å². The Labute approximate surface area is 241 Å². The molecule has 1 aromatic heterocycles.